The van der Waals surface area contributed by atoms with Gasteiger partial charge in [-0.2, -0.15) is 13.2 Å². The molecule has 23 heavy (non-hydrogen) atoms. The average Bonchev–Trinajstić information content (AvgIpc) is 2.54. The van der Waals surface area contributed by atoms with Gasteiger partial charge in [0.2, 0.25) is 0 Å². The number of likely N-dealkylation sites (tertiary alicyclic amines) is 1. The number of phenols is 1. The summed E-state index contributed by atoms with van der Waals surface area (Å²) in [5.74, 6) is -1.89. The minimum Gasteiger partial charge on any atom is -0.506 e. The zero-order valence-electron chi connectivity index (χ0n) is 12.3. The molecule has 1 saturated heterocycles. The standard InChI is InChI=1S/C17H16F3NO2/c18-17(19,20)12-7-9-21(10-8-12)16(23)14-6-5-11-3-1-2-4-13(11)15(14)22/h1-6,12,22H,7-10H2. The van der Waals surface area contributed by atoms with Crippen molar-refractivity contribution in [2.45, 2.75) is 19.0 Å². The van der Waals surface area contributed by atoms with Crippen LogP contribution in [-0.2, 0) is 0 Å². The van der Waals surface area contributed by atoms with Crippen LogP contribution in [-0.4, -0.2) is 35.2 Å². The molecule has 0 radical (unpaired) electrons. The van der Waals surface area contributed by atoms with Crippen molar-refractivity contribution in [1.29, 1.82) is 0 Å². The number of fused-ring (bicyclic) bond motifs is 1. The number of amides is 1. The van der Waals surface area contributed by atoms with Crippen LogP contribution in [0, 0.1) is 5.92 Å². The topological polar surface area (TPSA) is 40.5 Å². The Hall–Kier alpha value is -2.24. The van der Waals surface area contributed by atoms with Crippen LogP contribution in [0.2, 0.25) is 0 Å². The number of aromatic hydroxyl groups is 1. The molecule has 1 N–H and O–H groups in total. The van der Waals surface area contributed by atoms with Gasteiger partial charge in [-0.1, -0.05) is 30.3 Å². The Balaban J connectivity index is 1.81. The van der Waals surface area contributed by atoms with E-state index in [1.807, 2.05) is 12.1 Å². The second-order valence-corrected chi connectivity index (χ2v) is 5.79. The Morgan fingerprint density at radius 3 is 2.39 bits per heavy atom. The van der Waals surface area contributed by atoms with Gasteiger partial charge in [0.05, 0.1) is 11.5 Å². The maximum absolute atomic E-state index is 12.7. The quantitative estimate of drug-likeness (QED) is 0.863. The van der Waals surface area contributed by atoms with Gasteiger partial charge in [-0.25, -0.2) is 0 Å². The Bertz CT molecular complexity index is 734. The third kappa shape index (κ3) is 2.98. The first-order valence-electron chi connectivity index (χ1n) is 7.44. The van der Waals surface area contributed by atoms with Crippen molar-refractivity contribution in [1.82, 2.24) is 4.90 Å². The fraction of sp³-hybridized carbons (Fsp3) is 0.353. The zero-order chi connectivity index (χ0) is 16.6. The number of carbonyl (C=O) groups excluding carboxylic acids is 1. The summed E-state index contributed by atoms with van der Waals surface area (Å²) in [6.45, 7) is 0.102. The number of phenolic OH excluding ortho intramolecular Hbond substituents is 1. The minimum absolute atomic E-state index is 0.0509. The second kappa shape index (κ2) is 5.76. The van der Waals surface area contributed by atoms with Gasteiger partial charge < -0.3 is 10.0 Å². The van der Waals surface area contributed by atoms with Crippen LogP contribution in [0.4, 0.5) is 13.2 Å². The predicted molar refractivity (Wildman–Crippen MR) is 80.3 cm³/mol. The number of benzene rings is 2. The molecule has 1 amide bonds. The van der Waals surface area contributed by atoms with Gasteiger partial charge in [0.15, 0.2) is 0 Å². The predicted octanol–water partition coefficient (Wildman–Crippen LogP) is 3.96. The number of hydrogen-bond donors (Lipinski definition) is 1. The average molecular weight is 323 g/mol. The van der Waals surface area contributed by atoms with Crippen LogP contribution in [0.25, 0.3) is 10.8 Å². The third-order valence-corrected chi connectivity index (χ3v) is 4.38. The monoisotopic (exact) mass is 323 g/mol. The van der Waals surface area contributed by atoms with Crippen LogP contribution in [0.5, 0.6) is 5.75 Å². The van der Waals surface area contributed by atoms with Gasteiger partial charge in [-0.05, 0) is 24.3 Å². The number of carbonyl (C=O) groups is 1. The first-order chi connectivity index (χ1) is 10.9. The summed E-state index contributed by atoms with van der Waals surface area (Å²) in [4.78, 5) is 13.9. The van der Waals surface area contributed by atoms with Crippen molar-refractivity contribution in [3.63, 3.8) is 0 Å². The highest BCUT2D eigenvalue weighted by molar-refractivity contribution is 6.03. The van der Waals surface area contributed by atoms with Gasteiger partial charge in [0, 0.05) is 18.5 Å². The highest BCUT2D eigenvalue weighted by Gasteiger charge is 2.41. The maximum Gasteiger partial charge on any atom is 0.391 e. The van der Waals surface area contributed by atoms with Gasteiger partial charge in [0.25, 0.3) is 5.91 Å². The molecule has 0 bridgehead atoms. The molecule has 122 valence electrons. The van der Waals surface area contributed by atoms with Crippen LogP contribution in [0.3, 0.4) is 0 Å². The summed E-state index contributed by atoms with van der Waals surface area (Å²) in [5.41, 5.74) is 0.133. The minimum atomic E-state index is -4.21. The number of nitrogens with zero attached hydrogens (tertiary/aromatic N) is 1. The SMILES string of the molecule is O=C(c1ccc2ccccc2c1O)N1CCC(C(F)(F)F)CC1. The molecule has 3 nitrogen and oxygen atoms in total. The normalized spacial score (nSPS) is 16.7. The lowest BCUT2D eigenvalue weighted by molar-refractivity contribution is -0.183. The maximum atomic E-state index is 12.7. The van der Waals surface area contributed by atoms with E-state index in [9.17, 15) is 23.1 Å². The van der Waals surface area contributed by atoms with Gasteiger partial charge in [0.1, 0.15) is 5.75 Å². The third-order valence-electron chi connectivity index (χ3n) is 4.38. The van der Waals surface area contributed by atoms with Crippen LogP contribution in [0.15, 0.2) is 36.4 Å². The van der Waals surface area contributed by atoms with E-state index in [4.69, 9.17) is 0 Å². The molecule has 0 aromatic heterocycles. The number of rotatable bonds is 1. The molecule has 1 aliphatic rings. The first-order valence-corrected chi connectivity index (χ1v) is 7.44. The molecule has 0 unspecified atom stereocenters. The van der Waals surface area contributed by atoms with Gasteiger partial charge in [-0.15, -0.1) is 0 Å². The Morgan fingerprint density at radius 2 is 1.74 bits per heavy atom. The second-order valence-electron chi connectivity index (χ2n) is 5.79. The Kier molecular flexibility index (Phi) is 3.92. The van der Waals surface area contributed by atoms with Crippen molar-refractivity contribution < 1.29 is 23.1 Å². The summed E-state index contributed by atoms with van der Waals surface area (Å²) in [5, 5.41) is 11.7. The zero-order valence-corrected chi connectivity index (χ0v) is 12.3. The smallest absolute Gasteiger partial charge is 0.391 e. The molecule has 6 heteroatoms. The van der Waals surface area contributed by atoms with Crippen molar-refractivity contribution in [2.75, 3.05) is 13.1 Å². The molecular formula is C17H16F3NO2. The molecule has 1 aliphatic heterocycles. The number of hydrogen-bond acceptors (Lipinski definition) is 2. The van der Waals surface area contributed by atoms with E-state index in [2.05, 4.69) is 0 Å². The van der Waals surface area contributed by atoms with E-state index in [1.165, 1.54) is 11.0 Å². The molecule has 0 aliphatic carbocycles. The van der Waals surface area contributed by atoms with Crippen LogP contribution in [0.1, 0.15) is 23.2 Å². The van der Waals surface area contributed by atoms with E-state index >= 15 is 0 Å². The van der Waals surface area contributed by atoms with Crippen molar-refractivity contribution >= 4 is 16.7 Å². The van der Waals surface area contributed by atoms with Crippen LogP contribution < -0.4 is 0 Å². The van der Waals surface area contributed by atoms with E-state index in [0.29, 0.717) is 5.39 Å². The summed E-state index contributed by atoms with van der Waals surface area (Å²) < 4.78 is 38.1. The molecule has 1 heterocycles. The molecule has 2 aromatic carbocycles. The fourth-order valence-electron chi connectivity index (χ4n) is 3.01. The number of alkyl halides is 3. The molecule has 3 rings (SSSR count). The Labute approximate surface area is 131 Å². The molecular weight excluding hydrogens is 307 g/mol. The molecule has 0 saturated carbocycles. The van der Waals surface area contributed by atoms with Crippen molar-refractivity contribution in [3.05, 3.63) is 42.0 Å². The highest BCUT2D eigenvalue weighted by Crippen LogP contribution is 2.35. The molecule has 2 aromatic rings. The highest BCUT2D eigenvalue weighted by atomic mass is 19.4. The molecule has 0 spiro atoms. The van der Waals surface area contributed by atoms with E-state index < -0.39 is 18.0 Å². The lowest BCUT2D eigenvalue weighted by Gasteiger charge is -2.33. The summed E-state index contributed by atoms with van der Waals surface area (Å²) in [6, 6.07) is 10.4. The summed E-state index contributed by atoms with van der Waals surface area (Å²) >= 11 is 0. The van der Waals surface area contributed by atoms with Gasteiger partial charge in [-0.3, -0.25) is 4.79 Å². The van der Waals surface area contributed by atoms with Crippen LogP contribution >= 0.6 is 0 Å². The lowest BCUT2D eigenvalue weighted by Crippen LogP contribution is -2.42. The first kappa shape index (κ1) is 15.6. The summed E-state index contributed by atoms with van der Waals surface area (Å²) in [7, 11) is 0. The number of piperidine rings is 1. The fourth-order valence-corrected chi connectivity index (χ4v) is 3.01. The number of halogens is 3. The molecule has 1 fully saturated rings. The van der Waals surface area contributed by atoms with E-state index in [1.54, 1.807) is 18.2 Å². The largest absolute Gasteiger partial charge is 0.506 e. The van der Waals surface area contributed by atoms with Crippen molar-refractivity contribution in [2.24, 2.45) is 5.92 Å². The van der Waals surface area contributed by atoms with Gasteiger partial charge >= 0.3 is 6.18 Å². The van der Waals surface area contributed by atoms with E-state index in [-0.39, 0.29) is 37.2 Å². The lowest BCUT2D eigenvalue weighted by atomic mass is 9.95. The van der Waals surface area contributed by atoms with E-state index in [0.717, 1.165) is 5.39 Å². The van der Waals surface area contributed by atoms with Crippen molar-refractivity contribution in [3.8, 4) is 5.75 Å². The summed E-state index contributed by atoms with van der Waals surface area (Å²) in [6.07, 6.45) is -4.40. The Morgan fingerprint density at radius 1 is 1.09 bits per heavy atom. The molecule has 0 atom stereocenters.